The van der Waals surface area contributed by atoms with Gasteiger partial charge in [0.25, 0.3) is 0 Å². The predicted molar refractivity (Wildman–Crippen MR) is 137 cm³/mol. The van der Waals surface area contributed by atoms with E-state index in [0.29, 0.717) is 67.1 Å². The number of pyridine rings is 2. The topological polar surface area (TPSA) is 145 Å². The third-order valence-corrected chi connectivity index (χ3v) is 6.48. The van der Waals surface area contributed by atoms with Gasteiger partial charge >= 0.3 is 5.97 Å². The molecule has 2 aliphatic rings. The quantitative estimate of drug-likeness (QED) is 0.282. The van der Waals surface area contributed by atoms with Gasteiger partial charge in [0, 0.05) is 31.5 Å². The number of fused-ring (bicyclic) bond motifs is 1. The third kappa shape index (κ3) is 6.36. The molecule has 12 nitrogen and oxygen atoms in total. The summed E-state index contributed by atoms with van der Waals surface area (Å²) in [6.45, 7) is 3.38. The summed E-state index contributed by atoms with van der Waals surface area (Å²) in [5.74, 6) is 1.57. The van der Waals surface area contributed by atoms with Crippen LogP contribution in [0.2, 0.25) is 0 Å². The number of carbonyl (C=O) groups excluding carboxylic acids is 1. The molecular weight excluding hydrogens is 490 g/mol. The van der Waals surface area contributed by atoms with Crippen LogP contribution in [0.25, 0.3) is 17.0 Å². The van der Waals surface area contributed by atoms with Crippen molar-refractivity contribution in [3.8, 4) is 17.6 Å². The standard InChI is InChI=1S/C26H31N7O5/c27-15-18-3-4-23(29-16-18)33-17-30-21-14-22(24(32-25(21)33)31-19-5-8-35-9-6-19)37-12-10-36-11-13-38-26(34)20-2-1-7-28-20/h3-4,14,16-17,19-20,28H,1-2,5-13H2,(H,31,32)/t20-/m0/s1. The van der Waals surface area contributed by atoms with Crippen LogP contribution < -0.4 is 15.4 Å². The lowest BCUT2D eigenvalue weighted by Crippen LogP contribution is -2.33. The van der Waals surface area contributed by atoms with Crippen molar-refractivity contribution < 1.29 is 23.7 Å². The Morgan fingerprint density at radius 2 is 2.05 bits per heavy atom. The normalized spacial score (nSPS) is 17.8. The van der Waals surface area contributed by atoms with Gasteiger partial charge in [-0.25, -0.2) is 15.0 Å². The lowest BCUT2D eigenvalue weighted by molar-refractivity contribution is -0.147. The number of aromatic nitrogens is 4. The highest BCUT2D eigenvalue weighted by Crippen LogP contribution is 2.29. The second-order valence-electron chi connectivity index (χ2n) is 9.12. The van der Waals surface area contributed by atoms with Gasteiger partial charge < -0.3 is 29.6 Å². The largest absolute Gasteiger partial charge is 0.487 e. The monoisotopic (exact) mass is 521 g/mol. The van der Waals surface area contributed by atoms with Crippen molar-refractivity contribution in [2.75, 3.05) is 51.5 Å². The molecule has 0 radical (unpaired) electrons. The Bertz CT molecular complexity index is 1260. The van der Waals surface area contributed by atoms with E-state index in [4.69, 9.17) is 29.2 Å². The number of nitrogens with zero attached hydrogens (tertiary/aromatic N) is 5. The molecule has 0 amide bonds. The second-order valence-corrected chi connectivity index (χ2v) is 9.12. The van der Waals surface area contributed by atoms with Crippen LogP contribution in [0.15, 0.2) is 30.7 Å². The molecule has 0 aromatic carbocycles. The molecular formula is C26H31N7O5. The van der Waals surface area contributed by atoms with Gasteiger partial charge in [0.15, 0.2) is 17.2 Å². The van der Waals surface area contributed by atoms with Crippen LogP contribution in [0.4, 0.5) is 5.82 Å². The van der Waals surface area contributed by atoms with Gasteiger partial charge in [-0.3, -0.25) is 9.36 Å². The Morgan fingerprint density at radius 1 is 1.18 bits per heavy atom. The van der Waals surface area contributed by atoms with Crippen LogP contribution in [-0.2, 0) is 19.0 Å². The van der Waals surface area contributed by atoms with E-state index in [-0.39, 0.29) is 24.7 Å². The highest BCUT2D eigenvalue weighted by Gasteiger charge is 2.23. The molecule has 2 aliphatic heterocycles. The van der Waals surface area contributed by atoms with E-state index >= 15 is 0 Å². The average Bonchev–Trinajstić information content (AvgIpc) is 3.64. The lowest BCUT2D eigenvalue weighted by Gasteiger charge is -2.24. The minimum Gasteiger partial charge on any atom is -0.487 e. The molecule has 5 rings (SSSR count). The van der Waals surface area contributed by atoms with E-state index in [1.165, 1.54) is 6.20 Å². The first-order chi connectivity index (χ1) is 18.7. The number of rotatable bonds is 11. The zero-order chi connectivity index (χ0) is 26.2. The van der Waals surface area contributed by atoms with Crippen LogP contribution in [-0.4, -0.2) is 83.8 Å². The van der Waals surface area contributed by atoms with Crippen molar-refractivity contribution in [1.82, 2.24) is 24.8 Å². The summed E-state index contributed by atoms with van der Waals surface area (Å²) in [6.07, 6.45) is 6.72. The fraction of sp³-hybridized carbons (Fsp3) is 0.500. The number of hydrogen-bond donors (Lipinski definition) is 2. The molecule has 5 heterocycles. The zero-order valence-corrected chi connectivity index (χ0v) is 21.1. The highest BCUT2D eigenvalue weighted by atomic mass is 16.6. The zero-order valence-electron chi connectivity index (χ0n) is 21.1. The summed E-state index contributed by atoms with van der Waals surface area (Å²) in [4.78, 5) is 25.6. The van der Waals surface area contributed by atoms with Crippen molar-refractivity contribution >= 4 is 23.0 Å². The number of anilines is 1. The SMILES string of the molecule is N#Cc1ccc(-n2cnc3cc(OCCOCCOC(=O)[C@@H]4CCCN4)c(NC4CCOCC4)nc32)nc1. The fourth-order valence-corrected chi connectivity index (χ4v) is 4.43. The van der Waals surface area contributed by atoms with Crippen molar-refractivity contribution in [1.29, 1.82) is 5.26 Å². The molecule has 0 aliphatic carbocycles. The van der Waals surface area contributed by atoms with Crippen LogP contribution in [0.1, 0.15) is 31.2 Å². The Balaban J connectivity index is 1.22. The number of imidazole rings is 1. The molecule has 3 aromatic rings. The molecule has 0 saturated carbocycles. The molecule has 38 heavy (non-hydrogen) atoms. The molecule has 200 valence electrons. The van der Waals surface area contributed by atoms with E-state index in [9.17, 15) is 4.79 Å². The molecule has 0 spiro atoms. The van der Waals surface area contributed by atoms with Gasteiger partial charge in [0.05, 0.1) is 18.8 Å². The van der Waals surface area contributed by atoms with Crippen LogP contribution in [0.5, 0.6) is 5.75 Å². The molecule has 2 fully saturated rings. The third-order valence-electron chi connectivity index (χ3n) is 6.48. The summed E-state index contributed by atoms with van der Waals surface area (Å²) in [6, 6.07) is 7.40. The lowest BCUT2D eigenvalue weighted by atomic mass is 10.1. The molecule has 2 N–H and O–H groups in total. The number of hydrogen-bond acceptors (Lipinski definition) is 11. The Morgan fingerprint density at radius 3 is 2.82 bits per heavy atom. The Hall–Kier alpha value is -3.79. The van der Waals surface area contributed by atoms with E-state index in [0.717, 1.165) is 32.2 Å². The summed E-state index contributed by atoms with van der Waals surface area (Å²) in [5.41, 5.74) is 1.76. The summed E-state index contributed by atoms with van der Waals surface area (Å²) >= 11 is 0. The van der Waals surface area contributed by atoms with Gasteiger partial charge in [-0.15, -0.1) is 0 Å². The number of ether oxygens (including phenoxy) is 4. The van der Waals surface area contributed by atoms with Crippen molar-refractivity contribution in [3.05, 3.63) is 36.3 Å². The van der Waals surface area contributed by atoms with Crippen molar-refractivity contribution in [3.63, 3.8) is 0 Å². The predicted octanol–water partition coefficient (Wildman–Crippen LogP) is 1.97. The fourth-order valence-electron chi connectivity index (χ4n) is 4.43. The van der Waals surface area contributed by atoms with Gasteiger partial charge in [-0.1, -0.05) is 0 Å². The minimum absolute atomic E-state index is 0.196. The summed E-state index contributed by atoms with van der Waals surface area (Å²) in [7, 11) is 0. The smallest absolute Gasteiger partial charge is 0.323 e. The molecule has 3 aromatic heterocycles. The maximum absolute atomic E-state index is 11.9. The van der Waals surface area contributed by atoms with Crippen molar-refractivity contribution in [2.24, 2.45) is 0 Å². The Labute approximate surface area is 220 Å². The van der Waals surface area contributed by atoms with Crippen LogP contribution >= 0.6 is 0 Å². The van der Waals surface area contributed by atoms with Gasteiger partial charge in [-0.2, -0.15) is 5.26 Å². The molecule has 2 saturated heterocycles. The van der Waals surface area contributed by atoms with Crippen LogP contribution in [0.3, 0.4) is 0 Å². The molecule has 0 unspecified atom stereocenters. The number of nitrogens with one attached hydrogen (secondary N) is 2. The van der Waals surface area contributed by atoms with E-state index in [1.807, 2.05) is 6.07 Å². The van der Waals surface area contributed by atoms with E-state index in [2.05, 4.69) is 26.7 Å². The molecule has 0 bridgehead atoms. The first-order valence-corrected chi connectivity index (χ1v) is 12.9. The first-order valence-electron chi connectivity index (χ1n) is 12.9. The number of nitriles is 1. The summed E-state index contributed by atoms with van der Waals surface area (Å²) < 4.78 is 24.2. The van der Waals surface area contributed by atoms with Gasteiger partial charge in [-0.05, 0) is 44.4 Å². The molecule has 12 heteroatoms. The van der Waals surface area contributed by atoms with E-state index in [1.54, 1.807) is 23.0 Å². The minimum atomic E-state index is -0.221. The highest BCUT2D eigenvalue weighted by molar-refractivity contribution is 5.78. The second kappa shape index (κ2) is 12.6. The maximum atomic E-state index is 11.9. The van der Waals surface area contributed by atoms with Gasteiger partial charge in [0.2, 0.25) is 0 Å². The van der Waals surface area contributed by atoms with Crippen LogP contribution in [0, 0.1) is 11.3 Å². The van der Waals surface area contributed by atoms with Crippen molar-refractivity contribution in [2.45, 2.75) is 37.8 Å². The number of esters is 1. The Kier molecular flexibility index (Phi) is 8.60. The molecule has 1 atom stereocenters. The summed E-state index contributed by atoms with van der Waals surface area (Å²) in [5, 5.41) is 15.7. The average molecular weight is 522 g/mol. The van der Waals surface area contributed by atoms with E-state index < -0.39 is 0 Å². The maximum Gasteiger partial charge on any atom is 0.323 e. The first kappa shape index (κ1) is 25.8. The van der Waals surface area contributed by atoms with Gasteiger partial charge in [0.1, 0.15) is 43.0 Å². The number of carbonyl (C=O) groups is 1.